The van der Waals surface area contributed by atoms with E-state index in [0.717, 1.165) is 82.5 Å². The lowest BCUT2D eigenvalue weighted by molar-refractivity contribution is -0.127. The normalized spacial score (nSPS) is 20.2. The van der Waals surface area contributed by atoms with E-state index in [1.165, 1.54) is 5.56 Å². The van der Waals surface area contributed by atoms with Crippen molar-refractivity contribution in [2.24, 2.45) is 4.99 Å². The second kappa shape index (κ2) is 10.2. The highest BCUT2D eigenvalue weighted by atomic mass is 16.7. The highest BCUT2D eigenvalue weighted by Gasteiger charge is 2.35. The van der Waals surface area contributed by atoms with E-state index in [1.54, 1.807) is 0 Å². The fourth-order valence-corrected chi connectivity index (χ4v) is 4.52. The van der Waals surface area contributed by atoms with Gasteiger partial charge in [-0.3, -0.25) is 9.79 Å². The molecule has 4 rings (SSSR count). The summed E-state index contributed by atoms with van der Waals surface area (Å²) in [7, 11) is 0. The largest absolute Gasteiger partial charge is 0.454 e. The molecule has 0 radical (unpaired) electrons. The maximum absolute atomic E-state index is 11.8. The van der Waals surface area contributed by atoms with E-state index in [2.05, 4.69) is 29.7 Å². The SMILES string of the molecule is CCNC(=NCC1(c2ccc3c(c2)OCO3)CCOCC1)NCCCN1CCCC1=O. The van der Waals surface area contributed by atoms with E-state index in [9.17, 15) is 4.79 Å². The summed E-state index contributed by atoms with van der Waals surface area (Å²) in [4.78, 5) is 18.7. The van der Waals surface area contributed by atoms with Gasteiger partial charge in [0.15, 0.2) is 17.5 Å². The van der Waals surface area contributed by atoms with Crippen LogP contribution in [0.2, 0.25) is 0 Å². The number of likely N-dealkylation sites (tertiary alicyclic amines) is 1. The van der Waals surface area contributed by atoms with Crippen LogP contribution in [0.25, 0.3) is 0 Å². The molecule has 1 aromatic carbocycles. The van der Waals surface area contributed by atoms with Gasteiger partial charge in [-0.15, -0.1) is 0 Å². The van der Waals surface area contributed by atoms with Crippen LogP contribution in [-0.4, -0.2) is 69.5 Å². The van der Waals surface area contributed by atoms with E-state index in [0.29, 0.717) is 13.0 Å². The Hall–Kier alpha value is -2.48. The molecule has 1 aromatic rings. The fourth-order valence-electron chi connectivity index (χ4n) is 4.52. The summed E-state index contributed by atoms with van der Waals surface area (Å²) in [6.45, 7) is 7.79. The zero-order valence-corrected chi connectivity index (χ0v) is 18.5. The molecular weight excluding hydrogens is 396 g/mol. The van der Waals surface area contributed by atoms with E-state index in [-0.39, 0.29) is 18.1 Å². The molecule has 0 aromatic heterocycles. The Bertz CT molecular complexity index is 792. The van der Waals surface area contributed by atoms with Crippen molar-refractivity contribution < 1.29 is 19.0 Å². The van der Waals surface area contributed by atoms with Crippen molar-refractivity contribution in [1.29, 1.82) is 0 Å². The number of fused-ring (bicyclic) bond motifs is 1. The first-order chi connectivity index (χ1) is 15.2. The number of ether oxygens (including phenoxy) is 3. The second-order valence-corrected chi connectivity index (χ2v) is 8.42. The smallest absolute Gasteiger partial charge is 0.231 e. The molecule has 2 fully saturated rings. The highest BCUT2D eigenvalue weighted by Crippen LogP contribution is 2.41. The predicted octanol–water partition coefficient (Wildman–Crippen LogP) is 2.03. The fraction of sp³-hybridized carbons (Fsp3) is 0.652. The molecule has 0 saturated carbocycles. The zero-order valence-electron chi connectivity index (χ0n) is 18.5. The molecule has 3 heterocycles. The number of hydrogen-bond donors (Lipinski definition) is 2. The molecule has 2 saturated heterocycles. The average molecular weight is 431 g/mol. The van der Waals surface area contributed by atoms with Crippen LogP contribution in [0, 0.1) is 0 Å². The maximum atomic E-state index is 11.8. The Morgan fingerprint density at radius 1 is 1.19 bits per heavy atom. The van der Waals surface area contributed by atoms with Gasteiger partial charge in [0, 0.05) is 51.2 Å². The van der Waals surface area contributed by atoms with Gasteiger partial charge in [-0.05, 0) is 50.3 Å². The third kappa shape index (κ3) is 5.23. The molecule has 0 atom stereocenters. The zero-order chi connectivity index (χ0) is 21.5. The molecule has 8 heteroatoms. The van der Waals surface area contributed by atoms with Crippen molar-refractivity contribution in [3.05, 3.63) is 23.8 Å². The monoisotopic (exact) mass is 430 g/mol. The van der Waals surface area contributed by atoms with Crippen LogP contribution >= 0.6 is 0 Å². The topological polar surface area (TPSA) is 84.4 Å². The van der Waals surface area contributed by atoms with Crippen LogP contribution in [0.4, 0.5) is 0 Å². The summed E-state index contributed by atoms with van der Waals surface area (Å²) in [6, 6.07) is 6.25. The predicted molar refractivity (Wildman–Crippen MR) is 119 cm³/mol. The minimum atomic E-state index is -0.0798. The Morgan fingerprint density at radius 3 is 2.81 bits per heavy atom. The summed E-state index contributed by atoms with van der Waals surface area (Å²) in [5.41, 5.74) is 1.15. The Morgan fingerprint density at radius 2 is 2.03 bits per heavy atom. The minimum absolute atomic E-state index is 0.0798. The van der Waals surface area contributed by atoms with Crippen LogP contribution in [0.15, 0.2) is 23.2 Å². The number of carbonyl (C=O) groups is 1. The van der Waals surface area contributed by atoms with Gasteiger partial charge in [0.2, 0.25) is 12.7 Å². The molecule has 0 unspecified atom stereocenters. The summed E-state index contributed by atoms with van der Waals surface area (Å²) in [6.07, 6.45) is 4.45. The molecule has 31 heavy (non-hydrogen) atoms. The highest BCUT2D eigenvalue weighted by molar-refractivity contribution is 5.80. The first kappa shape index (κ1) is 21.7. The third-order valence-corrected chi connectivity index (χ3v) is 6.39. The molecule has 0 aliphatic carbocycles. The average Bonchev–Trinajstić information content (AvgIpc) is 3.43. The van der Waals surface area contributed by atoms with Crippen molar-refractivity contribution >= 4 is 11.9 Å². The van der Waals surface area contributed by atoms with E-state index in [4.69, 9.17) is 19.2 Å². The molecule has 8 nitrogen and oxygen atoms in total. The van der Waals surface area contributed by atoms with Crippen LogP contribution in [0.5, 0.6) is 11.5 Å². The Labute approximate surface area is 184 Å². The molecule has 170 valence electrons. The molecule has 3 aliphatic heterocycles. The van der Waals surface area contributed by atoms with Crippen molar-refractivity contribution in [1.82, 2.24) is 15.5 Å². The first-order valence-electron chi connectivity index (χ1n) is 11.5. The van der Waals surface area contributed by atoms with E-state index >= 15 is 0 Å². The number of nitrogens with one attached hydrogen (secondary N) is 2. The second-order valence-electron chi connectivity index (χ2n) is 8.42. The third-order valence-electron chi connectivity index (χ3n) is 6.39. The number of aliphatic imine (C=N–C) groups is 1. The molecule has 0 bridgehead atoms. The number of hydrogen-bond acceptors (Lipinski definition) is 5. The Kier molecular flexibility index (Phi) is 7.17. The first-order valence-corrected chi connectivity index (χ1v) is 11.5. The van der Waals surface area contributed by atoms with Gasteiger partial charge in [-0.25, -0.2) is 0 Å². The lowest BCUT2D eigenvalue weighted by Gasteiger charge is -2.36. The van der Waals surface area contributed by atoms with Gasteiger partial charge in [-0.1, -0.05) is 6.07 Å². The molecule has 2 N–H and O–H groups in total. The van der Waals surface area contributed by atoms with Gasteiger partial charge in [-0.2, -0.15) is 0 Å². The molecule has 0 spiro atoms. The summed E-state index contributed by atoms with van der Waals surface area (Å²) >= 11 is 0. The standard InChI is InChI=1S/C23H34N4O4/c1-2-24-22(25-10-4-12-27-11-3-5-21(27)28)26-16-23(8-13-29-14-9-23)18-6-7-19-20(15-18)31-17-30-19/h6-7,15H,2-5,8-14,16-17H2,1H3,(H2,24,25,26). The quantitative estimate of drug-likeness (QED) is 0.373. The van der Waals surface area contributed by atoms with Gasteiger partial charge in [0.05, 0.1) is 6.54 Å². The van der Waals surface area contributed by atoms with Gasteiger partial charge in [0.1, 0.15) is 0 Å². The molecule has 1 amide bonds. The number of guanidine groups is 1. The van der Waals surface area contributed by atoms with Gasteiger partial charge < -0.3 is 29.7 Å². The van der Waals surface area contributed by atoms with Gasteiger partial charge in [0.25, 0.3) is 0 Å². The summed E-state index contributed by atoms with van der Waals surface area (Å²) < 4.78 is 16.8. The summed E-state index contributed by atoms with van der Waals surface area (Å²) in [5, 5.41) is 6.79. The van der Waals surface area contributed by atoms with E-state index in [1.807, 2.05) is 11.0 Å². The number of benzene rings is 1. The van der Waals surface area contributed by atoms with Crippen LogP contribution in [0.3, 0.4) is 0 Å². The van der Waals surface area contributed by atoms with Crippen molar-refractivity contribution in [3.63, 3.8) is 0 Å². The van der Waals surface area contributed by atoms with E-state index < -0.39 is 0 Å². The number of rotatable bonds is 8. The Balaban J connectivity index is 1.40. The van der Waals surface area contributed by atoms with Crippen molar-refractivity contribution in [3.8, 4) is 11.5 Å². The van der Waals surface area contributed by atoms with Gasteiger partial charge >= 0.3 is 0 Å². The lowest BCUT2D eigenvalue weighted by Crippen LogP contribution is -2.42. The van der Waals surface area contributed by atoms with Crippen molar-refractivity contribution in [2.75, 3.05) is 52.7 Å². The molecular formula is C23H34N4O4. The number of amides is 1. The van der Waals surface area contributed by atoms with Crippen LogP contribution in [-0.2, 0) is 14.9 Å². The maximum Gasteiger partial charge on any atom is 0.231 e. The number of carbonyl (C=O) groups excluding carboxylic acids is 1. The van der Waals surface area contributed by atoms with Crippen molar-refractivity contribution in [2.45, 2.75) is 44.4 Å². The summed E-state index contributed by atoms with van der Waals surface area (Å²) in [5.74, 6) is 2.72. The van der Waals surface area contributed by atoms with Crippen LogP contribution < -0.4 is 20.1 Å². The number of nitrogens with zero attached hydrogens (tertiary/aromatic N) is 2. The van der Waals surface area contributed by atoms with Crippen LogP contribution in [0.1, 0.15) is 44.6 Å². The molecule has 3 aliphatic rings. The minimum Gasteiger partial charge on any atom is -0.454 e. The lowest BCUT2D eigenvalue weighted by atomic mass is 9.74.